The molecule has 5 nitrogen and oxygen atoms in total. The lowest BCUT2D eigenvalue weighted by Crippen LogP contribution is -2.04. The normalized spacial score (nSPS) is 10.3. The van der Waals surface area contributed by atoms with Gasteiger partial charge >= 0.3 is 0 Å². The van der Waals surface area contributed by atoms with E-state index in [0.717, 1.165) is 6.42 Å². The zero-order chi connectivity index (χ0) is 14.5. The third-order valence-corrected chi connectivity index (χ3v) is 2.72. The summed E-state index contributed by atoms with van der Waals surface area (Å²) in [4.78, 5) is 14.8. The minimum atomic E-state index is -0.517. The van der Waals surface area contributed by atoms with Crippen LogP contribution in [0.3, 0.4) is 0 Å². The van der Waals surface area contributed by atoms with E-state index in [0.29, 0.717) is 17.9 Å². The molecule has 6 heteroatoms. The van der Waals surface area contributed by atoms with E-state index >= 15 is 0 Å². The van der Waals surface area contributed by atoms with Crippen LogP contribution >= 0.6 is 0 Å². The van der Waals surface area contributed by atoms with Gasteiger partial charge in [0, 0.05) is 18.2 Å². The van der Waals surface area contributed by atoms with E-state index in [1.54, 1.807) is 12.1 Å². The molecule has 0 bridgehead atoms. The van der Waals surface area contributed by atoms with Gasteiger partial charge in [0.1, 0.15) is 11.6 Å². The molecule has 0 fully saturated rings. The maximum absolute atomic E-state index is 13.3. The van der Waals surface area contributed by atoms with Crippen molar-refractivity contribution >= 4 is 11.5 Å². The predicted octanol–water partition coefficient (Wildman–Crippen LogP) is 3.62. The van der Waals surface area contributed by atoms with Crippen LogP contribution in [0.15, 0.2) is 36.4 Å². The Hall–Kier alpha value is -2.50. The minimum absolute atomic E-state index is 0.141. The highest BCUT2D eigenvalue weighted by Crippen LogP contribution is 2.29. The van der Waals surface area contributed by atoms with Crippen molar-refractivity contribution in [2.45, 2.75) is 13.3 Å². The lowest BCUT2D eigenvalue weighted by Gasteiger charge is -2.07. The van der Waals surface area contributed by atoms with Gasteiger partial charge in [0.2, 0.25) is 0 Å². The molecule has 0 spiro atoms. The monoisotopic (exact) mass is 275 g/mol. The van der Waals surface area contributed by atoms with Crippen LogP contribution in [-0.2, 0) is 0 Å². The fourth-order valence-corrected chi connectivity index (χ4v) is 1.80. The van der Waals surface area contributed by atoms with Crippen molar-refractivity contribution < 1.29 is 9.31 Å². The summed E-state index contributed by atoms with van der Waals surface area (Å²) in [6.07, 6.45) is 0.911. The highest BCUT2D eigenvalue weighted by molar-refractivity contribution is 5.71. The standard InChI is InChI=1S/C14H14FN3O2/c1-2-8-16-13-7-6-12(18(19)20)14(17-13)10-4-3-5-11(15)9-10/h3-7,9H,2,8H2,1H3,(H,16,17). The molecule has 104 valence electrons. The number of nitrogens with zero attached hydrogens (tertiary/aromatic N) is 2. The second kappa shape index (κ2) is 6.10. The van der Waals surface area contributed by atoms with Crippen molar-refractivity contribution in [3.05, 3.63) is 52.3 Å². The van der Waals surface area contributed by atoms with Gasteiger partial charge in [-0.2, -0.15) is 0 Å². The molecule has 0 saturated heterocycles. The number of nitro groups is 1. The van der Waals surface area contributed by atoms with Crippen molar-refractivity contribution in [3.63, 3.8) is 0 Å². The molecule has 0 amide bonds. The van der Waals surface area contributed by atoms with Crippen molar-refractivity contribution in [3.8, 4) is 11.3 Å². The quantitative estimate of drug-likeness (QED) is 0.668. The van der Waals surface area contributed by atoms with E-state index in [-0.39, 0.29) is 11.4 Å². The number of hydrogen-bond acceptors (Lipinski definition) is 4. The van der Waals surface area contributed by atoms with E-state index in [9.17, 15) is 14.5 Å². The van der Waals surface area contributed by atoms with E-state index in [1.165, 1.54) is 24.3 Å². The molecule has 1 aromatic carbocycles. The number of pyridine rings is 1. The van der Waals surface area contributed by atoms with Gasteiger partial charge in [-0.3, -0.25) is 10.1 Å². The molecule has 0 atom stereocenters. The van der Waals surface area contributed by atoms with E-state index in [2.05, 4.69) is 10.3 Å². The summed E-state index contributed by atoms with van der Waals surface area (Å²) in [6.45, 7) is 2.72. The SMILES string of the molecule is CCCNc1ccc([N+](=O)[O-])c(-c2cccc(F)c2)n1. The molecule has 0 saturated carbocycles. The average Bonchev–Trinajstić information content (AvgIpc) is 2.44. The highest BCUT2D eigenvalue weighted by atomic mass is 19.1. The molecule has 0 aliphatic heterocycles. The van der Waals surface area contributed by atoms with Gasteiger partial charge in [-0.15, -0.1) is 0 Å². The number of rotatable bonds is 5. The number of benzene rings is 1. The zero-order valence-corrected chi connectivity index (χ0v) is 11.0. The van der Waals surface area contributed by atoms with Gasteiger partial charge < -0.3 is 5.32 Å². The summed E-state index contributed by atoms with van der Waals surface area (Å²) in [5.41, 5.74) is 0.408. The van der Waals surface area contributed by atoms with E-state index in [1.807, 2.05) is 6.92 Å². The van der Waals surface area contributed by atoms with Gasteiger partial charge in [-0.1, -0.05) is 19.1 Å². The summed E-state index contributed by atoms with van der Waals surface area (Å²) < 4.78 is 13.3. The van der Waals surface area contributed by atoms with Crippen molar-refractivity contribution in [1.82, 2.24) is 4.98 Å². The number of nitrogens with one attached hydrogen (secondary N) is 1. The first kappa shape index (κ1) is 13.9. The Morgan fingerprint density at radius 3 is 2.80 bits per heavy atom. The van der Waals surface area contributed by atoms with Crippen LogP contribution in [0.2, 0.25) is 0 Å². The molecule has 0 radical (unpaired) electrons. The van der Waals surface area contributed by atoms with Crippen LogP contribution in [-0.4, -0.2) is 16.5 Å². The average molecular weight is 275 g/mol. The third kappa shape index (κ3) is 3.09. The fraction of sp³-hybridized carbons (Fsp3) is 0.214. The lowest BCUT2D eigenvalue weighted by molar-refractivity contribution is -0.384. The van der Waals surface area contributed by atoms with Crippen molar-refractivity contribution in [2.75, 3.05) is 11.9 Å². The Labute approximate surface area is 115 Å². The molecule has 2 aromatic rings. The summed E-state index contributed by atoms with van der Waals surface area (Å²) in [7, 11) is 0. The number of halogens is 1. The topological polar surface area (TPSA) is 68.1 Å². The molecule has 0 aliphatic carbocycles. The van der Waals surface area contributed by atoms with Gasteiger partial charge in [-0.25, -0.2) is 9.37 Å². The first-order valence-corrected chi connectivity index (χ1v) is 6.27. The molecule has 1 aromatic heterocycles. The van der Waals surface area contributed by atoms with Crippen LogP contribution < -0.4 is 5.32 Å². The Morgan fingerprint density at radius 1 is 1.35 bits per heavy atom. The lowest BCUT2D eigenvalue weighted by atomic mass is 10.1. The Morgan fingerprint density at radius 2 is 2.15 bits per heavy atom. The Bertz CT molecular complexity index is 632. The van der Waals surface area contributed by atoms with Crippen LogP contribution in [0.1, 0.15) is 13.3 Å². The summed E-state index contributed by atoms with van der Waals surface area (Å²) in [6, 6.07) is 8.56. The molecule has 1 N–H and O–H groups in total. The van der Waals surface area contributed by atoms with E-state index < -0.39 is 10.7 Å². The first-order chi connectivity index (χ1) is 9.61. The Balaban J connectivity index is 2.49. The van der Waals surface area contributed by atoms with Gasteiger partial charge in [0.05, 0.1) is 4.92 Å². The summed E-state index contributed by atoms with van der Waals surface area (Å²) in [5.74, 6) is 0.0854. The molecular weight excluding hydrogens is 261 g/mol. The van der Waals surface area contributed by atoms with Crippen molar-refractivity contribution in [2.24, 2.45) is 0 Å². The maximum atomic E-state index is 13.3. The molecule has 0 unspecified atom stereocenters. The summed E-state index contributed by atoms with van der Waals surface area (Å²) >= 11 is 0. The third-order valence-electron chi connectivity index (χ3n) is 2.72. The minimum Gasteiger partial charge on any atom is -0.370 e. The Kier molecular flexibility index (Phi) is 4.24. The molecule has 0 aliphatic rings. The van der Waals surface area contributed by atoms with Gasteiger partial charge in [0.25, 0.3) is 5.69 Å². The molecule has 2 rings (SSSR count). The van der Waals surface area contributed by atoms with Gasteiger partial charge in [-0.05, 0) is 24.6 Å². The number of hydrogen-bond donors (Lipinski definition) is 1. The predicted molar refractivity (Wildman–Crippen MR) is 75.1 cm³/mol. The fourth-order valence-electron chi connectivity index (χ4n) is 1.80. The molecule has 1 heterocycles. The van der Waals surface area contributed by atoms with Crippen LogP contribution in [0.4, 0.5) is 15.9 Å². The van der Waals surface area contributed by atoms with E-state index in [4.69, 9.17) is 0 Å². The van der Waals surface area contributed by atoms with Gasteiger partial charge in [0.15, 0.2) is 5.69 Å². The second-order valence-corrected chi connectivity index (χ2v) is 4.26. The van der Waals surface area contributed by atoms with Crippen molar-refractivity contribution in [1.29, 1.82) is 0 Å². The maximum Gasteiger partial charge on any atom is 0.295 e. The molecular formula is C14H14FN3O2. The zero-order valence-electron chi connectivity index (χ0n) is 11.0. The van der Waals surface area contributed by atoms with Crippen LogP contribution in [0.5, 0.6) is 0 Å². The second-order valence-electron chi connectivity index (χ2n) is 4.26. The summed E-state index contributed by atoms with van der Waals surface area (Å²) in [5, 5.41) is 14.1. The molecule has 20 heavy (non-hydrogen) atoms. The van der Waals surface area contributed by atoms with Crippen LogP contribution in [0.25, 0.3) is 11.3 Å². The van der Waals surface area contributed by atoms with Crippen LogP contribution in [0, 0.1) is 15.9 Å². The number of aromatic nitrogens is 1. The largest absolute Gasteiger partial charge is 0.370 e. The smallest absolute Gasteiger partial charge is 0.295 e. The highest BCUT2D eigenvalue weighted by Gasteiger charge is 2.18. The number of anilines is 1. The first-order valence-electron chi connectivity index (χ1n) is 6.27.